The van der Waals surface area contributed by atoms with Crippen LogP contribution >= 0.6 is 0 Å². The van der Waals surface area contributed by atoms with Gasteiger partial charge >= 0.3 is 21.0 Å². The third kappa shape index (κ3) is 6.61. The van der Waals surface area contributed by atoms with Crippen LogP contribution in [-0.4, -0.2) is 48.9 Å². The van der Waals surface area contributed by atoms with Crippen LogP contribution in [-0.2, 0) is 22.8 Å². The molecule has 0 unspecified atom stereocenters. The molecule has 0 aliphatic carbocycles. The van der Waals surface area contributed by atoms with E-state index in [9.17, 15) is 18.0 Å². The summed E-state index contributed by atoms with van der Waals surface area (Å²) in [6.07, 6.45) is -4.77. The second kappa shape index (κ2) is 6.94. The maximum atomic E-state index is 11.7. The molecule has 5 nitrogen and oxygen atoms in total. The Kier molecular flexibility index (Phi) is 6.68. The SMILES string of the molecule is CO[Si](CCC(=O)OCC(F)(F)F)(OC)OC. The minimum Gasteiger partial charge on any atom is -0.456 e. The Morgan fingerprint density at radius 2 is 1.59 bits per heavy atom. The largest absolute Gasteiger partial charge is 0.500 e. The molecule has 0 aliphatic rings. The van der Waals surface area contributed by atoms with E-state index < -0.39 is 27.6 Å². The van der Waals surface area contributed by atoms with Crippen molar-refractivity contribution in [3.05, 3.63) is 0 Å². The van der Waals surface area contributed by atoms with Gasteiger partial charge in [0.1, 0.15) is 0 Å². The van der Waals surface area contributed by atoms with Gasteiger partial charge in [-0.15, -0.1) is 0 Å². The Labute approximate surface area is 98.2 Å². The van der Waals surface area contributed by atoms with E-state index in [1.165, 1.54) is 21.3 Å². The predicted octanol–water partition coefficient (Wildman–Crippen LogP) is 1.36. The van der Waals surface area contributed by atoms with Crippen LogP contribution in [0, 0.1) is 0 Å². The average Bonchev–Trinajstić information content (AvgIpc) is 2.28. The molecule has 0 aliphatic heterocycles. The molecule has 0 atom stereocenters. The van der Waals surface area contributed by atoms with E-state index in [2.05, 4.69) is 4.74 Å². The Balaban J connectivity index is 4.06. The first-order chi connectivity index (χ1) is 7.78. The molecule has 0 fully saturated rings. The zero-order chi connectivity index (χ0) is 13.5. The van der Waals surface area contributed by atoms with E-state index in [-0.39, 0.29) is 12.5 Å². The summed E-state index contributed by atoms with van der Waals surface area (Å²) in [5, 5.41) is 0. The van der Waals surface area contributed by atoms with Gasteiger partial charge in [0.05, 0.1) is 0 Å². The highest BCUT2D eigenvalue weighted by molar-refractivity contribution is 6.60. The van der Waals surface area contributed by atoms with Crippen molar-refractivity contribution in [2.75, 3.05) is 27.9 Å². The zero-order valence-electron chi connectivity index (χ0n) is 9.80. The number of ether oxygens (including phenoxy) is 1. The van der Waals surface area contributed by atoms with Gasteiger partial charge in [0, 0.05) is 33.8 Å². The van der Waals surface area contributed by atoms with Crippen LogP contribution < -0.4 is 0 Å². The predicted molar refractivity (Wildman–Crippen MR) is 53.2 cm³/mol. The van der Waals surface area contributed by atoms with Gasteiger partial charge in [-0.2, -0.15) is 13.2 Å². The van der Waals surface area contributed by atoms with Crippen LogP contribution in [0.15, 0.2) is 0 Å². The Morgan fingerprint density at radius 1 is 1.12 bits per heavy atom. The lowest BCUT2D eigenvalue weighted by atomic mass is 10.5. The van der Waals surface area contributed by atoms with Crippen molar-refractivity contribution in [2.45, 2.75) is 18.6 Å². The average molecular weight is 276 g/mol. The third-order valence-corrected chi connectivity index (χ3v) is 4.69. The van der Waals surface area contributed by atoms with Gasteiger partial charge in [-0.25, -0.2) is 0 Å². The Morgan fingerprint density at radius 3 is 1.94 bits per heavy atom. The molecule has 0 bridgehead atoms. The lowest BCUT2D eigenvalue weighted by Crippen LogP contribution is -2.43. The van der Waals surface area contributed by atoms with Crippen molar-refractivity contribution in [2.24, 2.45) is 0 Å². The molecular weight excluding hydrogens is 261 g/mol. The van der Waals surface area contributed by atoms with Gasteiger partial charge < -0.3 is 18.0 Å². The summed E-state index contributed by atoms with van der Waals surface area (Å²) in [6.45, 7) is -1.59. The molecule has 0 radical (unpaired) electrons. The molecule has 0 spiro atoms. The normalized spacial score (nSPS) is 12.6. The van der Waals surface area contributed by atoms with Gasteiger partial charge in [-0.1, -0.05) is 0 Å². The highest BCUT2D eigenvalue weighted by Gasteiger charge is 2.38. The number of hydrogen-bond acceptors (Lipinski definition) is 5. The quantitative estimate of drug-likeness (QED) is 0.519. The first-order valence-corrected chi connectivity index (χ1v) is 6.59. The van der Waals surface area contributed by atoms with Crippen LogP contribution in [0.4, 0.5) is 13.2 Å². The number of rotatable bonds is 7. The second-order valence-electron chi connectivity index (χ2n) is 3.07. The molecule has 102 valence electrons. The zero-order valence-corrected chi connectivity index (χ0v) is 10.8. The van der Waals surface area contributed by atoms with E-state index in [0.717, 1.165) is 0 Å². The minimum atomic E-state index is -4.52. The Hall–Kier alpha value is -0.643. The molecule has 0 heterocycles. The minimum absolute atomic E-state index is 0.0627. The van der Waals surface area contributed by atoms with E-state index in [0.29, 0.717) is 0 Å². The van der Waals surface area contributed by atoms with Gasteiger partial charge in [0.2, 0.25) is 0 Å². The smallest absolute Gasteiger partial charge is 0.456 e. The highest BCUT2D eigenvalue weighted by atomic mass is 28.4. The second-order valence-corrected chi connectivity index (χ2v) is 6.16. The Bertz CT molecular complexity index is 234. The fourth-order valence-corrected chi connectivity index (χ4v) is 2.67. The summed E-state index contributed by atoms with van der Waals surface area (Å²) in [7, 11) is 1.11. The lowest BCUT2D eigenvalue weighted by Gasteiger charge is -2.23. The van der Waals surface area contributed by atoms with E-state index >= 15 is 0 Å². The van der Waals surface area contributed by atoms with Gasteiger partial charge in [-0.05, 0) is 0 Å². The number of carbonyl (C=O) groups is 1. The maximum absolute atomic E-state index is 11.7. The van der Waals surface area contributed by atoms with Crippen molar-refractivity contribution in [3.8, 4) is 0 Å². The third-order valence-electron chi connectivity index (χ3n) is 1.97. The van der Waals surface area contributed by atoms with Gasteiger partial charge in [0.15, 0.2) is 6.61 Å². The monoisotopic (exact) mass is 276 g/mol. The van der Waals surface area contributed by atoms with Crippen molar-refractivity contribution < 1.29 is 36.0 Å². The highest BCUT2D eigenvalue weighted by Crippen LogP contribution is 2.17. The molecule has 0 aromatic rings. The van der Waals surface area contributed by atoms with Crippen LogP contribution in [0.25, 0.3) is 0 Å². The number of esters is 1. The van der Waals surface area contributed by atoms with Gasteiger partial charge in [0.25, 0.3) is 0 Å². The van der Waals surface area contributed by atoms with Crippen LogP contribution in [0.3, 0.4) is 0 Å². The summed E-state index contributed by atoms with van der Waals surface area (Å²) in [6, 6.07) is 0.0627. The van der Waals surface area contributed by atoms with Crippen molar-refractivity contribution in [3.63, 3.8) is 0 Å². The van der Waals surface area contributed by atoms with Crippen molar-refractivity contribution in [1.82, 2.24) is 0 Å². The summed E-state index contributed by atoms with van der Waals surface area (Å²) in [4.78, 5) is 11.0. The first-order valence-electron chi connectivity index (χ1n) is 4.66. The molecule has 0 saturated heterocycles. The van der Waals surface area contributed by atoms with E-state index in [4.69, 9.17) is 13.3 Å². The lowest BCUT2D eigenvalue weighted by molar-refractivity contribution is -0.186. The molecule has 0 aromatic carbocycles. The molecular formula is C8H15F3O5Si. The van der Waals surface area contributed by atoms with Crippen molar-refractivity contribution >= 4 is 14.8 Å². The first kappa shape index (κ1) is 16.4. The molecule has 0 rings (SSSR count). The van der Waals surface area contributed by atoms with Crippen molar-refractivity contribution in [1.29, 1.82) is 0 Å². The molecule has 17 heavy (non-hydrogen) atoms. The molecule has 0 saturated carbocycles. The summed E-state index contributed by atoms with van der Waals surface area (Å²) >= 11 is 0. The number of alkyl halides is 3. The fraction of sp³-hybridized carbons (Fsp3) is 0.875. The molecule has 0 amide bonds. The maximum Gasteiger partial charge on any atom is 0.500 e. The summed E-state index contributed by atoms with van der Waals surface area (Å²) < 4.78 is 54.3. The molecule has 9 heteroatoms. The standard InChI is InChI=1S/C8H15F3O5Si/c1-13-17(14-2,15-3)5-4-7(12)16-6-8(9,10)11/h4-6H2,1-3H3. The van der Waals surface area contributed by atoms with E-state index in [1.807, 2.05) is 0 Å². The summed E-state index contributed by atoms with van der Waals surface area (Å²) in [5.74, 6) is -0.967. The van der Waals surface area contributed by atoms with Gasteiger partial charge in [-0.3, -0.25) is 4.79 Å². The number of halogens is 3. The summed E-state index contributed by atoms with van der Waals surface area (Å²) in [5.41, 5.74) is 0. The molecule has 0 aromatic heterocycles. The van der Waals surface area contributed by atoms with Crippen LogP contribution in [0.2, 0.25) is 6.04 Å². The van der Waals surface area contributed by atoms with E-state index in [1.54, 1.807) is 0 Å². The van der Waals surface area contributed by atoms with Crippen LogP contribution in [0.1, 0.15) is 6.42 Å². The number of hydrogen-bond donors (Lipinski definition) is 0. The topological polar surface area (TPSA) is 54.0 Å². The van der Waals surface area contributed by atoms with Crippen LogP contribution in [0.5, 0.6) is 0 Å². The number of carbonyl (C=O) groups excluding carboxylic acids is 1. The fourth-order valence-electron chi connectivity index (χ4n) is 1.05. The molecule has 0 N–H and O–H groups in total.